The Morgan fingerprint density at radius 2 is 1.53 bits per heavy atom. The Morgan fingerprint density at radius 3 is 2.20 bits per heavy atom. The molecule has 8 rings (SSSR count). The fraction of sp³-hybridized carbons (Fsp3) is 0.286. The highest BCUT2D eigenvalue weighted by Gasteiger charge is 2.70. The zero-order valence-corrected chi connectivity index (χ0v) is 31.4. The number of allylic oxidation sites excluding steroid dienone is 2. The van der Waals surface area contributed by atoms with Gasteiger partial charge in [0.05, 0.1) is 48.1 Å². The monoisotopic (exact) mass is 781 g/mol. The van der Waals surface area contributed by atoms with Crippen LogP contribution >= 0.6 is 23.2 Å². The number of ether oxygens (including phenoxy) is 2. The maximum absolute atomic E-state index is 15.4. The Kier molecular flexibility index (Phi) is 9.25. The van der Waals surface area contributed by atoms with E-state index < -0.39 is 46.8 Å². The van der Waals surface area contributed by atoms with E-state index in [1.807, 2.05) is 6.08 Å². The molecule has 6 atom stereocenters. The topological polar surface area (TPSA) is 146 Å². The molecule has 4 aromatic rings. The number of nitrogens with one attached hydrogen (secondary N) is 1. The summed E-state index contributed by atoms with van der Waals surface area (Å²) in [5.74, 6) is -4.93. The summed E-state index contributed by atoms with van der Waals surface area (Å²) in [6.45, 7) is 0.149. The maximum Gasteiger partial charge on any atom is 0.260 e. The molecular formula is C42H37Cl2N3O8. The van der Waals surface area contributed by atoms with Crippen LogP contribution < -0.4 is 14.9 Å². The Labute approximate surface area is 327 Å². The lowest BCUT2D eigenvalue weighted by Gasteiger charge is -2.50. The van der Waals surface area contributed by atoms with E-state index in [1.54, 1.807) is 72.8 Å². The lowest BCUT2D eigenvalue weighted by atomic mass is 9.49. The largest absolute Gasteiger partial charge is 0.508 e. The van der Waals surface area contributed by atoms with Crippen molar-refractivity contribution in [3.05, 3.63) is 123 Å². The number of rotatable bonds is 9. The number of likely N-dealkylation sites (tertiary alicyclic amines) is 1. The molecule has 4 aliphatic rings. The number of anilines is 1. The highest BCUT2D eigenvalue weighted by molar-refractivity contribution is 6.36. The third-order valence-corrected chi connectivity index (χ3v) is 12.3. The van der Waals surface area contributed by atoms with E-state index in [4.69, 9.17) is 32.7 Å². The van der Waals surface area contributed by atoms with Gasteiger partial charge >= 0.3 is 0 Å². The average molecular weight is 783 g/mol. The normalized spacial score (nSPS) is 25.7. The first-order valence-corrected chi connectivity index (χ1v) is 18.7. The number of nitrogens with zero attached hydrogens (tertiary/aromatic N) is 2. The molecule has 4 amide bonds. The summed E-state index contributed by atoms with van der Waals surface area (Å²) in [6.07, 6.45) is 2.64. The van der Waals surface area contributed by atoms with Gasteiger partial charge in [0.2, 0.25) is 11.8 Å². The van der Waals surface area contributed by atoms with Gasteiger partial charge in [-0.15, -0.1) is 0 Å². The fourth-order valence-electron chi connectivity index (χ4n) is 9.27. The van der Waals surface area contributed by atoms with Crippen LogP contribution in [0.1, 0.15) is 35.4 Å². The lowest BCUT2D eigenvalue weighted by Crippen LogP contribution is -2.53. The summed E-state index contributed by atoms with van der Waals surface area (Å²) in [4.78, 5) is 60.1. The molecule has 4 aromatic carbocycles. The van der Waals surface area contributed by atoms with Gasteiger partial charge in [0.15, 0.2) is 0 Å². The minimum absolute atomic E-state index is 0.0777. The van der Waals surface area contributed by atoms with Crippen molar-refractivity contribution in [1.82, 2.24) is 9.91 Å². The van der Waals surface area contributed by atoms with Crippen molar-refractivity contribution in [1.29, 1.82) is 0 Å². The number of phenolic OH excluding ortho intramolecular Hbond substituents is 2. The van der Waals surface area contributed by atoms with Crippen LogP contribution in [-0.2, 0) is 31.0 Å². The Morgan fingerprint density at radius 1 is 0.818 bits per heavy atom. The lowest BCUT2D eigenvalue weighted by molar-refractivity contribution is -0.141. The number of phenols is 2. The van der Waals surface area contributed by atoms with Crippen molar-refractivity contribution in [2.24, 2.45) is 23.7 Å². The molecule has 1 saturated carbocycles. The molecule has 55 heavy (non-hydrogen) atoms. The van der Waals surface area contributed by atoms with Gasteiger partial charge in [-0.2, -0.15) is 5.01 Å². The molecular weight excluding hydrogens is 745 g/mol. The second kappa shape index (κ2) is 14.0. The minimum Gasteiger partial charge on any atom is -0.508 e. The van der Waals surface area contributed by atoms with Gasteiger partial charge in [-0.25, -0.2) is 0 Å². The van der Waals surface area contributed by atoms with E-state index in [2.05, 4.69) is 5.43 Å². The van der Waals surface area contributed by atoms with E-state index in [0.717, 1.165) is 10.6 Å². The third kappa shape index (κ3) is 5.79. The van der Waals surface area contributed by atoms with Gasteiger partial charge in [0.1, 0.15) is 23.0 Å². The van der Waals surface area contributed by atoms with Crippen molar-refractivity contribution in [2.75, 3.05) is 26.2 Å². The molecule has 11 nitrogen and oxygen atoms in total. The zero-order valence-electron chi connectivity index (χ0n) is 29.9. The quantitative estimate of drug-likeness (QED) is 0.126. The minimum atomic E-state index is -1.62. The molecule has 0 radical (unpaired) electrons. The second-order valence-electron chi connectivity index (χ2n) is 14.4. The average Bonchev–Trinajstić information content (AvgIpc) is 3.55. The van der Waals surface area contributed by atoms with Gasteiger partial charge in [-0.05, 0) is 84.8 Å². The predicted octanol–water partition coefficient (Wildman–Crippen LogP) is 6.65. The van der Waals surface area contributed by atoms with Gasteiger partial charge < -0.3 is 19.7 Å². The molecule has 2 saturated heterocycles. The third-order valence-electron chi connectivity index (χ3n) is 11.8. The number of methoxy groups -OCH3 is 2. The number of hydrogen-bond donors (Lipinski definition) is 3. The molecule has 2 heterocycles. The fourth-order valence-corrected chi connectivity index (χ4v) is 9.72. The van der Waals surface area contributed by atoms with Gasteiger partial charge in [0.25, 0.3) is 11.8 Å². The number of halogens is 2. The molecule has 0 bridgehead atoms. The van der Waals surface area contributed by atoms with Gasteiger partial charge in [-0.1, -0.05) is 65.2 Å². The van der Waals surface area contributed by atoms with Crippen LogP contribution in [-0.4, -0.2) is 64.5 Å². The maximum atomic E-state index is 15.4. The summed E-state index contributed by atoms with van der Waals surface area (Å²) in [6, 6.07) is 23.0. The molecule has 2 aliphatic carbocycles. The predicted molar refractivity (Wildman–Crippen MR) is 204 cm³/mol. The Bertz CT molecular complexity index is 2260. The van der Waals surface area contributed by atoms with E-state index in [-0.39, 0.29) is 53.4 Å². The summed E-state index contributed by atoms with van der Waals surface area (Å²) in [7, 11) is 3.01. The Balaban J connectivity index is 1.28. The van der Waals surface area contributed by atoms with Crippen molar-refractivity contribution in [3.63, 3.8) is 0 Å². The molecule has 3 fully saturated rings. The number of hydrogen-bond acceptors (Lipinski definition) is 9. The van der Waals surface area contributed by atoms with Crippen LogP contribution in [0.15, 0.2) is 96.6 Å². The molecule has 2 aliphatic heterocycles. The van der Waals surface area contributed by atoms with Crippen LogP contribution in [0, 0.1) is 23.7 Å². The first-order chi connectivity index (χ1) is 26.5. The second-order valence-corrected chi connectivity index (χ2v) is 15.2. The number of imide groups is 2. The molecule has 6 unspecified atom stereocenters. The zero-order chi connectivity index (χ0) is 38.8. The van der Waals surface area contributed by atoms with Gasteiger partial charge in [-0.3, -0.25) is 29.5 Å². The summed E-state index contributed by atoms with van der Waals surface area (Å²) in [5.41, 5.74) is 4.05. The van der Waals surface area contributed by atoms with E-state index in [1.165, 1.54) is 31.3 Å². The van der Waals surface area contributed by atoms with Crippen LogP contribution in [0.3, 0.4) is 0 Å². The molecule has 3 N–H and O–H groups in total. The summed E-state index contributed by atoms with van der Waals surface area (Å²) < 4.78 is 10.9. The van der Waals surface area contributed by atoms with E-state index >= 15 is 4.79 Å². The highest BCUT2D eigenvalue weighted by atomic mass is 35.5. The SMILES string of the molecule is COc1ccc(C23C(=O)N(Nc4ccc(Cl)cc4Cl)C(=O)C2CC2C(=CCC4C(=O)N(CCc5ccc(O)cc5)C(=O)C42)C3c2ccc(OC)cc2O)cc1. The van der Waals surface area contributed by atoms with Crippen molar-refractivity contribution < 1.29 is 38.9 Å². The van der Waals surface area contributed by atoms with E-state index in [9.17, 15) is 24.6 Å². The molecule has 13 heteroatoms. The smallest absolute Gasteiger partial charge is 0.260 e. The molecule has 0 aromatic heterocycles. The summed E-state index contributed by atoms with van der Waals surface area (Å²) in [5, 5.41) is 23.0. The van der Waals surface area contributed by atoms with Crippen LogP contribution in [0.5, 0.6) is 23.0 Å². The van der Waals surface area contributed by atoms with Crippen molar-refractivity contribution >= 4 is 52.5 Å². The standard InChI is InChI=1S/C42H37Cl2N3O8/c1-54-26-10-5-23(6-11-26)42-32(39(51)47(41(42)53)45-34-16-7-24(43)19-33(34)44)21-31-28(37(42)29-13-12-27(55-2)20-35(29)49)14-15-30-36(31)40(52)46(38(30)50)18-17-22-3-8-25(48)9-4-22/h3-14,16,19-20,30-32,36-37,45,48-49H,15,17-18,21H2,1-2H3. The highest BCUT2D eigenvalue weighted by Crippen LogP contribution is 2.65. The molecule has 0 spiro atoms. The number of amides is 4. The van der Waals surface area contributed by atoms with Crippen molar-refractivity contribution in [3.8, 4) is 23.0 Å². The summed E-state index contributed by atoms with van der Waals surface area (Å²) >= 11 is 12.7. The number of fused-ring (bicyclic) bond motifs is 4. The Hall–Kier alpha value is -5.52. The van der Waals surface area contributed by atoms with Crippen LogP contribution in [0.4, 0.5) is 5.69 Å². The first kappa shape index (κ1) is 36.5. The number of hydrazine groups is 1. The molecule has 282 valence electrons. The van der Waals surface area contributed by atoms with Crippen molar-refractivity contribution in [2.45, 2.75) is 30.6 Å². The number of aromatic hydroxyl groups is 2. The van der Waals surface area contributed by atoms with Crippen LogP contribution in [0.2, 0.25) is 10.0 Å². The first-order valence-electron chi connectivity index (χ1n) is 17.9. The van der Waals surface area contributed by atoms with Crippen LogP contribution in [0.25, 0.3) is 0 Å². The number of benzene rings is 4. The van der Waals surface area contributed by atoms with Gasteiger partial charge in [0, 0.05) is 29.1 Å². The number of carbonyl (C=O) groups is 4. The van der Waals surface area contributed by atoms with E-state index in [0.29, 0.717) is 39.6 Å². The number of carbonyl (C=O) groups excluding carboxylic acids is 4.